The summed E-state index contributed by atoms with van der Waals surface area (Å²) in [5.74, 6) is 1.33. The van der Waals surface area contributed by atoms with Gasteiger partial charge in [0, 0.05) is 37.7 Å². The lowest BCUT2D eigenvalue weighted by Crippen LogP contribution is -2.32. The smallest absolute Gasteiger partial charge is 0.202 e. The van der Waals surface area contributed by atoms with Gasteiger partial charge in [-0.3, -0.25) is 5.10 Å². The van der Waals surface area contributed by atoms with E-state index in [4.69, 9.17) is 15.7 Å². The first-order valence-corrected chi connectivity index (χ1v) is 12.3. The highest BCUT2D eigenvalue weighted by Crippen LogP contribution is 2.63. The molecule has 0 unspecified atom stereocenters. The summed E-state index contributed by atoms with van der Waals surface area (Å²) >= 11 is 0. The van der Waals surface area contributed by atoms with E-state index in [2.05, 4.69) is 39.1 Å². The fourth-order valence-corrected chi connectivity index (χ4v) is 6.57. The molecule has 1 aliphatic carbocycles. The molecule has 3 aromatic heterocycles. The summed E-state index contributed by atoms with van der Waals surface area (Å²) in [7, 11) is 1.99. The third-order valence-electron chi connectivity index (χ3n) is 8.53. The molecule has 4 heterocycles. The number of aromatic nitrogens is 6. The van der Waals surface area contributed by atoms with Gasteiger partial charge in [0.15, 0.2) is 0 Å². The van der Waals surface area contributed by atoms with Crippen LogP contribution in [0.5, 0.6) is 0 Å². The lowest BCUT2D eigenvalue weighted by molar-refractivity contribution is 0.533. The number of piperidine rings is 1. The first-order chi connectivity index (χ1) is 17.5. The lowest BCUT2D eigenvalue weighted by Gasteiger charge is -2.26. The van der Waals surface area contributed by atoms with Crippen LogP contribution in [0.25, 0.3) is 33.5 Å². The fraction of sp³-hybridized carbons (Fsp3) is 0.333. The maximum Gasteiger partial charge on any atom is 0.202 e. The Kier molecular flexibility index (Phi) is 4.51. The van der Waals surface area contributed by atoms with Crippen LogP contribution in [0.3, 0.4) is 0 Å². The normalized spacial score (nSPS) is 23.4. The summed E-state index contributed by atoms with van der Waals surface area (Å²) < 4.78 is 16.7. The van der Waals surface area contributed by atoms with Gasteiger partial charge in [0.2, 0.25) is 5.65 Å². The van der Waals surface area contributed by atoms with Crippen LogP contribution < -0.4 is 10.6 Å². The number of fused-ring (bicyclic) bond motifs is 3. The molecule has 5 aromatic rings. The van der Waals surface area contributed by atoms with Crippen molar-refractivity contribution in [3.05, 3.63) is 65.9 Å². The standard InChI is InChI=1S/C27H27FN8/c1-15-16(7-8-21-23(15)31-14-35(21)2)24-25-26(34-33-24)32-22(11-30-25)36-10-9-17-19(12-36)27(17,13-29)18-5-3-4-6-20(18)28/h3-8,11,14,17,19H,9-10,12-13,29H2,1-2H3,(H,32,33,34)/t17-,19+,27-/m1/s1. The van der Waals surface area contributed by atoms with Gasteiger partial charge < -0.3 is 15.2 Å². The predicted octanol–water partition coefficient (Wildman–Crippen LogP) is 3.71. The van der Waals surface area contributed by atoms with Gasteiger partial charge in [-0.1, -0.05) is 24.3 Å². The molecule has 1 saturated carbocycles. The van der Waals surface area contributed by atoms with E-state index < -0.39 is 0 Å². The van der Waals surface area contributed by atoms with Crippen LogP contribution >= 0.6 is 0 Å². The summed E-state index contributed by atoms with van der Waals surface area (Å²) in [5.41, 5.74) is 13.0. The second-order valence-electron chi connectivity index (χ2n) is 10.1. The van der Waals surface area contributed by atoms with Crippen LogP contribution in [0.2, 0.25) is 0 Å². The van der Waals surface area contributed by atoms with E-state index in [0.29, 0.717) is 24.0 Å². The molecule has 2 aliphatic rings. The Labute approximate surface area is 207 Å². The highest BCUT2D eigenvalue weighted by molar-refractivity contribution is 5.94. The maximum absolute atomic E-state index is 14.7. The number of imidazole rings is 1. The van der Waals surface area contributed by atoms with E-state index in [0.717, 1.165) is 64.3 Å². The number of hydrogen-bond donors (Lipinski definition) is 2. The highest BCUT2D eigenvalue weighted by atomic mass is 19.1. The largest absolute Gasteiger partial charge is 0.355 e. The Bertz CT molecular complexity index is 1640. The molecular formula is C27H27FN8. The van der Waals surface area contributed by atoms with Crippen LogP contribution in [-0.4, -0.2) is 49.4 Å². The molecule has 0 amide bonds. The SMILES string of the molecule is Cc1c(-c2[nH]nc3nc(N4CC[C@@H]5[C@H](C4)[C@@]5(CN)c4ccccc4F)cnc23)ccc2c1ncn2C. The zero-order chi connectivity index (χ0) is 24.6. The minimum Gasteiger partial charge on any atom is -0.355 e. The predicted molar refractivity (Wildman–Crippen MR) is 137 cm³/mol. The van der Waals surface area contributed by atoms with E-state index >= 15 is 0 Å². The number of hydrogen-bond acceptors (Lipinski definition) is 6. The molecule has 1 saturated heterocycles. The van der Waals surface area contributed by atoms with Crippen LogP contribution in [0, 0.1) is 24.6 Å². The summed E-state index contributed by atoms with van der Waals surface area (Å²) in [6.07, 6.45) is 4.60. The molecule has 1 aliphatic heterocycles. The van der Waals surface area contributed by atoms with Gasteiger partial charge >= 0.3 is 0 Å². The molecule has 0 spiro atoms. The number of anilines is 1. The lowest BCUT2D eigenvalue weighted by atomic mass is 9.91. The summed E-state index contributed by atoms with van der Waals surface area (Å²) in [5, 5.41) is 7.64. The monoisotopic (exact) mass is 482 g/mol. The number of nitrogens with zero attached hydrogens (tertiary/aromatic N) is 6. The fourth-order valence-electron chi connectivity index (χ4n) is 6.57. The topological polar surface area (TPSA) is 102 Å². The van der Waals surface area contributed by atoms with E-state index in [1.54, 1.807) is 6.07 Å². The average molecular weight is 483 g/mol. The third kappa shape index (κ3) is 2.83. The van der Waals surface area contributed by atoms with Crippen LogP contribution in [0.1, 0.15) is 17.5 Å². The van der Waals surface area contributed by atoms with Gasteiger partial charge in [0.25, 0.3) is 0 Å². The van der Waals surface area contributed by atoms with E-state index in [9.17, 15) is 4.39 Å². The number of halogens is 1. The molecule has 7 rings (SSSR count). The van der Waals surface area contributed by atoms with E-state index in [1.165, 1.54) is 6.07 Å². The Morgan fingerprint density at radius 2 is 2.00 bits per heavy atom. The zero-order valence-corrected chi connectivity index (χ0v) is 20.2. The minimum absolute atomic E-state index is 0.159. The molecule has 2 fully saturated rings. The Hall–Kier alpha value is -3.85. The number of benzene rings is 2. The third-order valence-corrected chi connectivity index (χ3v) is 8.53. The molecule has 3 atom stereocenters. The molecule has 9 heteroatoms. The number of aryl methyl sites for hydroxylation is 2. The number of rotatable bonds is 4. The molecule has 182 valence electrons. The molecule has 36 heavy (non-hydrogen) atoms. The van der Waals surface area contributed by atoms with Crippen molar-refractivity contribution in [3.63, 3.8) is 0 Å². The molecular weight excluding hydrogens is 455 g/mol. The number of nitrogens with two attached hydrogens (primary N) is 1. The minimum atomic E-state index is -0.293. The highest BCUT2D eigenvalue weighted by Gasteiger charge is 2.66. The molecule has 0 radical (unpaired) electrons. The van der Waals surface area contributed by atoms with Gasteiger partial charge in [-0.25, -0.2) is 19.3 Å². The van der Waals surface area contributed by atoms with Crippen molar-refractivity contribution in [3.8, 4) is 11.3 Å². The van der Waals surface area contributed by atoms with Gasteiger partial charge in [-0.2, -0.15) is 5.10 Å². The second kappa shape index (κ2) is 7.57. The van der Waals surface area contributed by atoms with Crippen molar-refractivity contribution in [2.45, 2.75) is 18.8 Å². The molecule has 8 nitrogen and oxygen atoms in total. The van der Waals surface area contributed by atoms with E-state index in [-0.39, 0.29) is 11.2 Å². The quantitative estimate of drug-likeness (QED) is 0.405. The van der Waals surface area contributed by atoms with Gasteiger partial charge in [-0.15, -0.1) is 0 Å². The number of H-pyrrole nitrogens is 1. The summed E-state index contributed by atoms with van der Waals surface area (Å²) in [4.78, 5) is 16.4. The number of nitrogens with one attached hydrogen (secondary N) is 1. The first kappa shape index (κ1) is 21.4. The first-order valence-electron chi connectivity index (χ1n) is 12.3. The van der Waals surface area contributed by atoms with Crippen LogP contribution in [0.4, 0.5) is 10.2 Å². The van der Waals surface area contributed by atoms with Crippen LogP contribution in [0.15, 0.2) is 48.9 Å². The Balaban J connectivity index is 1.20. The maximum atomic E-state index is 14.7. The Morgan fingerprint density at radius 1 is 1.14 bits per heavy atom. The zero-order valence-electron chi connectivity index (χ0n) is 20.2. The van der Waals surface area contributed by atoms with Crippen molar-refractivity contribution >= 4 is 28.0 Å². The van der Waals surface area contributed by atoms with Gasteiger partial charge in [0.1, 0.15) is 17.2 Å². The van der Waals surface area contributed by atoms with Crippen molar-refractivity contribution < 1.29 is 4.39 Å². The molecule has 3 N–H and O–H groups in total. The van der Waals surface area contributed by atoms with Crippen molar-refractivity contribution in [2.75, 3.05) is 24.5 Å². The van der Waals surface area contributed by atoms with Gasteiger partial charge in [0.05, 0.1) is 29.3 Å². The summed E-state index contributed by atoms with van der Waals surface area (Å²) in [6, 6.07) is 11.2. The van der Waals surface area contributed by atoms with Crippen LogP contribution in [-0.2, 0) is 12.5 Å². The molecule has 0 bridgehead atoms. The summed E-state index contributed by atoms with van der Waals surface area (Å²) in [6.45, 7) is 4.14. The molecule has 2 aromatic carbocycles. The average Bonchev–Trinajstić information content (AvgIpc) is 3.13. The van der Waals surface area contributed by atoms with Gasteiger partial charge in [-0.05, 0) is 48.4 Å². The van der Waals surface area contributed by atoms with E-state index in [1.807, 2.05) is 36.3 Å². The van der Waals surface area contributed by atoms with Crippen molar-refractivity contribution in [2.24, 2.45) is 24.6 Å². The van der Waals surface area contributed by atoms with Crippen molar-refractivity contribution in [1.82, 2.24) is 29.7 Å². The van der Waals surface area contributed by atoms with Crippen molar-refractivity contribution in [1.29, 1.82) is 0 Å². The second-order valence-corrected chi connectivity index (χ2v) is 10.1. The Morgan fingerprint density at radius 3 is 2.83 bits per heavy atom. The number of aromatic amines is 1.